The summed E-state index contributed by atoms with van der Waals surface area (Å²) in [6, 6.07) is 8.86. The molecule has 4 nitrogen and oxygen atoms in total. The number of rotatable bonds is 5. The van der Waals surface area contributed by atoms with Crippen molar-refractivity contribution in [2.24, 2.45) is 0 Å². The van der Waals surface area contributed by atoms with Crippen molar-refractivity contribution in [3.63, 3.8) is 0 Å². The topological polar surface area (TPSA) is 42.7 Å². The number of nitrogens with zero attached hydrogens (tertiary/aromatic N) is 3. The third kappa shape index (κ3) is 3.20. The van der Waals surface area contributed by atoms with E-state index in [-0.39, 0.29) is 0 Å². The van der Waals surface area contributed by atoms with Gasteiger partial charge in [-0.25, -0.2) is 9.97 Å². The highest BCUT2D eigenvalue weighted by Crippen LogP contribution is 2.18. The molecule has 0 spiro atoms. The van der Waals surface area contributed by atoms with E-state index in [2.05, 4.69) is 53.4 Å². The first-order valence-electron chi connectivity index (χ1n) is 6.94. The van der Waals surface area contributed by atoms with Crippen molar-refractivity contribution in [3.8, 4) is 5.69 Å². The summed E-state index contributed by atoms with van der Waals surface area (Å²) in [4.78, 5) is 9.65. The maximum absolute atomic E-state index is 4.28. The van der Waals surface area contributed by atoms with Crippen molar-refractivity contribution in [1.29, 1.82) is 0 Å². The Hall–Kier alpha value is -1.98. The Labute approximate surface area is 128 Å². The Kier molecular flexibility index (Phi) is 4.13. The monoisotopic (exact) mass is 298 g/mol. The molecule has 0 saturated heterocycles. The van der Waals surface area contributed by atoms with Crippen LogP contribution in [0.1, 0.15) is 29.1 Å². The third-order valence-corrected chi connectivity index (χ3v) is 4.54. The van der Waals surface area contributed by atoms with Crippen molar-refractivity contribution < 1.29 is 0 Å². The van der Waals surface area contributed by atoms with Crippen LogP contribution in [0.4, 0.5) is 0 Å². The van der Waals surface area contributed by atoms with Crippen molar-refractivity contribution >= 4 is 11.3 Å². The van der Waals surface area contributed by atoms with Gasteiger partial charge in [-0.15, -0.1) is 11.3 Å². The van der Waals surface area contributed by atoms with E-state index in [1.54, 1.807) is 17.5 Å². The van der Waals surface area contributed by atoms with Gasteiger partial charge >= 0.3 is 0 Å². The Bertz CT molecular complexity index is 685. The molecule has 2 heterocycles. The average molecular weight is 298 g/mol. The zero-order valence-electron chi connectivity index (χ0n) is 12.2. The summed E-state index contributed by atoms with van der Waals surface area (Å²) in [5.74, 6) is 0. The highest BCUT2D eigenvalue weighted by molar-refractivity contribution is 7.09. The quantitative estimate of drug-likeness (QED) is 0.784. The van der Waals surface area contributed by atoms with Gasteiger partial charge in [0.1, 0.15) is 0 Å². The van der Waals surface area contributed by atoms with Crippen molar-refractivity contribution in [2.45, 2.75) is 26.4 Å². The zero-order valence-corrected chi connectivity index (χ0v) is 13.0. The molecular formula is C16H18N4S. The van der Waals surface area contributed by atoms with E-state index >= 15 is 0 Å². The Morgan fingerprint density at radius 1 is 1.29 bits per heavy atom. The molecule has 1 unspecified atom stereocenters. The van der Waals surface area contributed by atoms with Gasteiger partial charge in [0, 0.05) is 35.5 Å². The molecule has 1 N–H and O–H groups in total. The van der Waals surface area contributed by atoms with Gasteiger partial charge in [-0.2, -0.15) is 0 Å². The predicted molar refractivity (Wildman–Crippen MR) is 85.7 cm³/mol. The lowest BCUT2D eigenvalue weighted by Crippen LogP contribution is -2.17. The van der Waals surface area contributed by atoms with Crippen molar-refractivity contribution in [2.75, 3.05) is 0 Å². The summed E-state index contributed by atoms with van der Waals surface area (Å²) in [7, 11) is 0. The SMILES string of the molecule is Cc1ncsc1CNC(C)c1ccc(-n2ccnc2)cc1. The van der Waals surface area contributed by atoms with Crippen LogP contribution in [0.5, 0.6) is 0 Å². The van der Waals surface area contributed by atoms with Gasteiger partial charge < -0.3 is 9.88 Å². The Balaban J connectivity index is 1.65. The predicted octanol–water partition coefficient (Wildman–Crippen LogP) is 3.49. The van der Waals surface area contributed by atoms with E-state index < -0.39 is 0 Å². The summed E-state index contributed by atoms with van der Waals surface area (Å²) < 4.78 is 2.00. The molecule has 0 fully saturated rings. The van der Waals surface area contributed by atoms with Crippen LogP contribution in [0, 0.1) is 6.92 Å². The minimum atomic E-state index is 0.309. The molecule has 0 saturated carbocycles. The second-order valence-corrected chi connectivity index (χ2v) is 5.96. The highest BCUT2D eigenvalue weighted by atomic mass is 32.1. The number of aryl methyl sites for hydroxylation is 1. The van der Waals surface area contributed by atoms with Crippen molar-refractivity contribution in [1.82, 2.24) is 19.9 Å². The van der Waals surface area contributed by atoms with Crippen LogP contribution in [-0.4, -0.2) is 14.5 Å². The second kappa shape index (κ2) is 6.20. The minimum Gasteiger partial charge on any atom is -0.306 e. The van der Waals surface area contributed by atoms with Gasteiger partial charge in [-0.3, -0.25) is 0 Å². The van der Waals surface area contributed by atoms with Crippen LogP contribution < -0.4 is 5.32 Å². The first-order valence-corrected chi connectivity index (χ1v) is 7.82. The van der Waals surface area contributed by atoms with Gasteiger partial charge in [-0.05, 0) is 31.5 Å². The van der Waals surface area contributed by atoms with Crippen LogP contribution in [0.3, 0.4) is 0 Å². The second-order valence-electron chi connectivity index (χ2n) is 5.03. The summed E-state index contributed by atoms with van der Waals surface area (Å²) in [5.41, 5.74) is 5.43. The molecule has 21 heavy (non-hydrogen) atoms. The fourth-order valence-electron chi connectivity index (χ4n) is 2.21. The fraction of sp³-hybridized carbons (Fsp3) is 0.250. The number of aromatic nitrogens is 3. The summed E-state index contributed by atoms with van der Waals surface area (Å²) in [6.45, 7) is 5.10. The lowest BCUT2D eigenvalue weighted by Gasteiger charge is -2.14. The van der Waals surface area contributed by atoms with Gasteiger partial charge in [0.25, 0.3) is 0 Å². The van der Waals surface area contributed by atoms with Crippen molar-refractivity contribution in [3.05, 3.63) is 64.6 Å². The largest absolute Gasteiger partial charge is 0.306 e. The maximum atomic E-state index is 4.28. The standard InChI is InChI=1S/C16H18N4S/c1-12(18-9-16-13(2)19-11-21-16)14-3-5-15(6-4-14)20-8-7-17-10-20/h3-8,10-12,18H,9H2,1-2H3. The summed E-state index contributed by atoms with van der Waals surface area (Å²) in [5, 5.41) is 3.55. The molecule has 0 aliphatic carbocycles. The number of thiazole rings is 1. The number of hydrogen-bond donors (Lipinski definition) is 1. The Morgan fingerprint density at radius 2 is 2.10 bits per heavy atom. The van der Waals surface area contributed by atoms with Crippen LogP contribution in [0.2, 0.25) is 0 Å². The van der Waals surface area contributed by atoms with Crippen LogP contribution >= 0.6 is 11.3 Å². The number of hydrogen-bond acceptors (Lipinski definition) is 4. The lowest BCUT2D eigenvalue weighted by molar-refractivity contribution is 0.577. The van der Waals surface area contributed by atoms with E-state index in [1.807, 2.05) is 22.6 Å². The Morgan fingerprint density at radius 3 is 2.71 bits per heavy atom. The molecule has 3 rings (SSSR count). The summed E-state index contributed by atoms with van der Waals surface area (Å²) >= 11 is 1.70. The molecule has 0 radical (unpaired) electrons. The van der Waals surface area contributed by atoms with E-state index in [4.69, 9.17) is 0 Å². The van der Waals surface area contributed by atoms with Crippen LogP contribution in [0.25, 0.3) is 5.69 Å². The molecule has 2 aromatic heterocycles. The molecule has 0 aliphatic heterocycles. The number of imidazole rings is 1. The number of nitrogens with one attached hydrogen (secondary N) is 1. The zero-order chi connectivity index (χ0) is 14.7. The number of benzene rings is 1. The van der Waals surface area contributed by atoms with E-state index in [9.17, 15) is 0 Å². The first-order chi connectivity index (χ1) is 10.2. The average Bonchev–Trinajstić information content (AvgIpc) is 3.17. The van der Waals surface area contributed by atoms with E-state index in [1.165, 1.54) is 10.4 Å². The lowest BCUT2D eigenvalue weighted by atomic mass is 10.1. The van der Waals surface area contributed by atoms with Crippen LogP contribution in [0.15, 0.2) is 48.5 Å². The van der Waals surface area contributed by atoms with Crippen LogP contribution in [-0.2, 0) is 6.54 Å². The fourth-order valence-corrected chi connectivity index (χ4v) is 2.93. The molecule has 0 amide bonds. The summed E-state index contributed by atoms with van der Waals surface area (Å²) in [6.07, 6.45) is 5.54. The molecule has 108 valence electrons. The molecule has 3 aromatic rings. The molecule has 1 atom stereocenters. The minimum absolute atomic E-state index is 0.309. The highest BCUT2D eigenvalue weighted by Gasteiger charge is 2.07. The van der Waals surface area contributed by atoms with Gasteiger partial charge in [0.05, 0.1) is 17.5 Å². The van der Waals surface area contributed by atoms with E-state index in [0.717, 1.165) is 17.9 Å². The molecule has 0 aliphatic rings. The first kappa shape index (κ1) is 14.0. The normalized spacial score (nSPS) is 12.5. The third-order valence-electron chi connectivity index (χ3n) is 3.61. The molecule has 5 heteroatoms. The smallest absolute Gasteiger partial charge is 0.0991 e. The molecule has 0 bridgehead atoms. The van der Waals surface area contributed by atoms with E-state index in [0.29, 0.717) is 6.04 Å². The molecular weight excluding hydrogens is 280 g/mol. The van der Waals surface area contributed by atoms with Gasteiger partial charge in [0.2, 0.25) is 0 Å². The van der Waals surface area contributed by atoms with Gasteiger partial charge in [-0.1, -0.05) is 12.1 Å². The maximum Gasteiger partial charge on any atom is 0.0991 e. The molecule has 1 aromatic carbocycles. The van der Waals surface area contributed by atoms with Gasteiger partial charge in [0.15, 0.2) is 0 Å².